The second-order valence-electron chi connectivity index (χ2n) is 3.30. The molecular formula is C11H11IN2O2. The summed E-state index contributed by atoms with van der Waals surface area (Å²) in [5, 5.41) is 1.58. The molecule has 1 aromatic heterocycles. The number of carbonyl (C=O) groups excluding carboxylic acids is 1. The molecule has 16 heavy (non-hydrogen) atoms. The fourth-order valence-corrected chi connectivity index (χ4v) is 2.42. The Morgan fingerprint density at radius 2 is 2.50 bits per heavy atom. The van der Waals surface area contributed by atoms with Crippen LogP contribution in [0.5, 0.6) is 0 Å². The smallest absolute Gasteiger partial charge is 0.149 e. The van der Waals surface area contributed by atoms with E-state index in [9.17, 15) is 4.79 Å². The first-order chi connectivity index (χ1) is 7.77. The van der Waals surface area contributed by atoms with Crippen LogP contribution in [0.4, 0.5) is 0 Å². The third kappa shape index (κ3) is 1.97. The minimum atomic E-state index is -0.401. The van der Waals surface area contributed by atoms with Crippen LogP contribution in [-0.2, 0) is 9.63 Å². The van der Waals surface area contributed by atoms with E-state index in [-0.39, 0.29) is 0 Å². The number of hydroxylamine groups is 2. The fraction of sp³-hybridized carbons (Fsp3) is 0.273. The first-order valence-electron chi connectivity index (χ1n) is 4.96. The van der Waals surface area contributed by atoms with Gasteiger partial charge < -0.3 is 4.79 Å². The van der Waals surface area contributed by atoms with Crippen molar-refractivity contribution in [1.29, 1.82) is 0 Å². The summed E-state index contributed by atoms with van der Waals surface area (Å²) in [4.78, 5) is 20.6. The van der Waals surface area contributed by atoms with Gasteiger partial charge in [0.2, 0.25) is 0 Å². The highest BCUT2D eigenvalue weighted by Gasteiger charge is 2.26. The molecule has 0 saturated heterocycles. The van der Waals surface area contributed by atoms with Crippen LogP contribution in [0.25, 0.3) is 3.58 Å². The summed E-state index contributed by atoms with van der Waals surface area (Å²) >= 11 is 2.23. The van der Waals surface area contributed by atoms with E-state index in [1.54, 1.807) is 17.5 Å². The number of rotatable bonds is 3. The largest absolute Gasteiger partial charge is 0.301 e. The molecular weight excluding hydrogens is 319 g/mol. The minimum absolute atomic E-state index is 0.401. The molecule has 0 radical (unpaired) electrons. The lowest BCUT2D eigenvalue weighted by atomic mass is 10.0. The standard InChI is InChI=1S/C11H11IN2O2/c1-2-16-14-6-10(12)8-3-4-13-5-9(8)11(14)7-15/h3-7,11H,2H2,1H3. The molecule has 0 bridgehead atoms. The number of aldehydes is 1. The maximum Gasteiger partial charge on any atom is 0.149 e. The molecule has 0 N–H and O–H groups in total. The van der Waals surface area contributed by atoms with E-state index in [2.05, 4.69) is 27.6 Å². The van der Waals surface area contributed by atoms with Gasteiger partial charge in [-0.05, 0) is 41.1 Å². The van der Waals surface area contributed by atoms with Crippen molar-refractivity contribution in [3.05, 3.63) is 35.8 Å². The van der Waals surface area contributed by atoms with Crippen LogP contribution in [0.2, 0.25) is 0 Å². The fourth-order valence-electron chi connectivity index (χ4n) is 1.66. The van der Waals surface area contributed by atoms with Crippen molar-refractivity contribution in [2.45, 2.75) is 13.0 Å². The highest BCUT2D eigenvalue weighted by Crippen LogP contribution is 2.36. The lowest BCUT2D eigenvalue weighted by Crippen LogP contribution is -2.28. The summed E-state index contributed by atoms with van der Waals surface area (Å²) in [7, 11) is 0. The molecule has 1 unspecified atom stereocenters. The Bertz CT molecular complexity index is 434. The van der Waals surface area contributed by atoms with E-state index in [0.29, 0.717) is 6.61 Å². The molecule has 84 valence electrons. The second kappa shape index (κ2) is 4.92. The zero-order valence-electron chi connectivity index (χ0n) is 8.76. The summed E-state index contributed by atoms with van der Waals surface area (Å²) in [6, 6.07) is 1.51. The van der Waals surface area contributed by atoms with Gasteiger partial charge in [-0.1, -0.05) is 0 Å². The van der Waals surface area contributed by atoms with Crippen LogP contribution in [0, 0.1) is 0 Å². The van der Waals surface area contributed by atoms with E-state index < -0.39 is 6.04 Å². The first-order valence-corrected chi connectivity index (χ1v) is 6.04. The maximum absolute atomic E-state index is 11.1. The van der Waals surface area contributed by atoms with Crippen molar-refractivity contribution in [2.75, 3.05) is 6.61 Å². The Hall–Kier alpha value is -0.950. The van der Waals surface area contributed by atoms with Gasteiger partial charge in [-0.25, -0.2) is 5.06 Å². The predicted molar refractivity (Wildman–Crippen MR) is 68.5 cm³/mol. The number of hydrogen-bond donors (Lipinski definition) is 0. The average molecular weight is 330 g/mol. The molecule has 1 atom stereocenters. The predicted octanol–water partition coefficient (Wildman–Crippen LogP) is 2.32. The maximum atomic E-state index is 11.1. The quantitative estimate of drug-likeness (QED) is 0.630. The van der Waals surface area contributed by atoms with Crippen molar-refractivity contribution in [3.63, 3.8) is 0 Å². The van der Waals surface area contributed by atoms with Gasteiger partial charge in [0.05, 0.1) is 6.61 Å². The number of fused-ring (bicyclic) bond motifs is 1. The van der Waals surface area contributed by atoms with Gasteiger partial charge in [0.15, 0.2) is 0 Å². The number of carbonyl (C=O) groups is 1. The van der Waals surface area contributed by atoms with Crippen LogP contribution in [0.15, 0.2) is 24.7 Å². The van der Waals surface area contributed by atoms with Crippen LogP contribution in [0.3, 0.4) is 0 Å². The lowest BCUT2D eigenvalue weighted by molar-refractivity contribution is -0.154. The van der Waals surface area contributed by atoms with Gasteiger partial charge >= 0.3 is 0 Å². The van der Waals surface area contributed by atoms with E-state index >= 15 is 0 Å². The van der Waals surface area contributed by atoms with E-state index in [1.807, 2.05) is 19.2 Å². The summed E-state index contributed by atoms with van der Waals surface area (Å²) in [6.45, 7) is 2.42. The molecule has 5 heteroatoms. The molecule has 0 fully saturated rings. The molecule has 4 nitrogen and oxygen atoms in total. The first kappa shape index (κ1) is 11.5. The molecule has 2 rings (SSSR count). The Labute approximate surface area is 107 Å². The van der Waals surface area contributed by atoms with Crippen LogP contribution >= 0.6 is 22.6 Å². The SMILES string of the molecule is CCON1C=C(I)c2ccncc2C1C=O. The summed E-state index contributed by atoms with van der Waals surface area (Å²) in [5.74, 6) is 0. The van der Waals surface area contributed by atoms with Crippen molar-refractivity contribution >= 4 is 32.5 Å². The van der Waals surface area contributed by atoms with Gasteiger partial charge in [0, 0.05) is 27.7 Å². The third-order valence-electron chi connectivity index (χ3n) is 2.35. The second-order valence-corrected chi connectivity index (χ2v) is 4.46. The zero-order valence-corrected chi connectivity index (χ0v) is 10.9. The number of aromatic nitrogens is 1. The molecule has 1 aliphatic rings. The van der Waals surface area contributed by atoms with Crippen molar-refractivity contribution in [2.24, 2.45) is 0 Å². The van der Waals surface area contributed by atoms with Gasteiger partial charge in [0.1, 0.15) is 12.3 Å². The Balaban J connectivity index is 2.46. The van der Waals surface area contributed by atoms with Gasteiger partial charge in [-0.2, -0.15) is 0 Å². The van der Waals surface area contributed by atoms with Crippen LogP contribution in [0.1, 0.15) is 24.1 Å². The summed E-state index contributed by atoms with van der Waals surface area (Å²) in [6.07, 6.45) is 6.15. The van der Waals surface area contributed by atoms with Crippen molar-refractivity contribution in [3.8, 4) is 0 Å². The molecule has 0 aliphatic carbocycles. The Kier molecular flexibility index (Phi) is 3.55. The molecule has 2 heterocycles. The molecule has 0 saturated carbocycles. The Morgan fingerprint density at radius 3 is 3.19 bits per heavy atom. The number of pyridine rings is 1. The van der Waals surface area contributed by atoms with Gasteiger partial charge in [0.25, 0.3) is 0 Å². The highest BCUT2D eigenvalue weighted by molar-refractivity contribution is 14.1. The number of hydrogen-bond acceptors (Lipinski definition) is 4. The minimum Gasteiger partial charge on any atom is -0.301 e. The van der Waals surface area contributed by atoms with Crippen LogP contribution in [-0.4, -0.2) is 22.9 Å². The lowest BCUT2D eigenvalue weighted by Gasteiger charge is -2.30. The molecule has 0 aromatic carbocycles. The van der Waals surface area contributed by atoms with Crippen molar-refractivity contribution in [1.82, 2.24) is 10.0 Å². The third-order valence-corrected chi connectivity index (χ3v) is 3.21. The molecule has 1 aliphatic heterocycles. The molecule has 0 amide bonds. The van der Waals surface area contributed by atoms with E-state index in [4.69, 9.17) is 4.84 Å². The molecule has 0 spiro atoms. The van der Waals surface area contributed by atoms with E-state index in [0.717, 1.165) is 21.0 Å². The van der Waals surface area contributed by atoms with Gasteiger partial charge in [-0.3, -0.25) is 9.82 Å². The van der Waals surface area contributed by atoms with E-state index in [1.165, 1.54) is 0 Å². The normalized spacial score (nSPS) is 19.0. The topological polar surface area (TPSA) is 42.4 Å². The Morgan fingerprint density at radius 1 is 1.69 bits per heavy atom. The average Bonchev–Trinajstić information content (AvgIpc) is 2.30. The zero-order chi connectivity index (χ0) is 11.5. The van der Waals surface area contributed by atoms with Gasteiger partial charge in [-0.15, -0.1) is 0 Å². The van der Waals surface area contributed by atoms with Crippen molar-refractivity contribution < 1.29 is 9.63 Å². The highest BCUT2D eigenvalue weighted by atomic mass is 127. The molecule has 1 aromatic rings. The number of nitrogens with zero attached hydrogens (tertiary/aromatic N) is 2. The summed E-state index contributed by atoms with van der Waals surface area (Å²) < 4.78 is 1.04. The number of halogens is 1. The monoisotopic (exact) mass is 330 g/mol. The van der Waals surface area contributed by atoms with Crippen LogP contribution < -0.4 is 0 Å². The summed E-state index contributed by atoms with van der Waals surface area (Å²) in [5.41, 5.74) is 1.93.